The number of halogens is 1. The number of ether oxygens (including phenoxy) is 5. The van der Waals surface area contributed by atoms with Crippen LogP contribution in [0.1, 0.15) is 74.7 Å². The highest BCUT2D eigenvalue weighted by atomic mass is 19.1. The molecule has 0 aromatic rings. The second-order valence-electron chi connectivity index (χ2n) is 13.6. The summed E-state index contributed by atoms with van der Waals surface area (Å²) in [4.78, 5) is 55.5. The van der Waals surface area contributed by atoms with Gasteiger partial charge in [-0.15, -0.1) is 0 Å². The predicted molar refractivity (Wildman–Crippen MR) is 156 cm³/mol. The van der Waals surface area contributed by atoms with E-state index in [0.717, 1.165) is 6.92 Å². The third-order valence-electron chi connectivity index (χ3n) is 9.95. The Kier molecular flexibility index (Phi) is 10.9. The van der Waals surface area contributed by atoms with E-state index in [4.69, 9.17) is 23.7 Å². The average Bonchev–Trinajstić information content (AvgIpc) is 3.27. The Hall–Kier alpha value is -2.19. The number of alkyl carbamates (subject to hydrolysis) is 1. The van der Waals surface area contributed by atoms with Crippen LogP contribution in [0.4, 0.5) is 9.18 Å². The van der Waals surface area contributed by atoms with Gasteiger partial charge in [0.1, 0.15) is 18.0 Å². The first-order chi connectivity index (χ1) is 20.2. The Labute approximate surface area is 259 Å². The summed E-state index contributed by atoms with van der Waals surface area (Å²) in [6, 6.07) is -1.25. The number of alkyl halides is 1. The van der Waals surface area contributed by atoms with Crippen molar-refractivity contribution in [1.82, 2.24) is 10.2 Å². The second-order valence-corrected chi connectivity index (χ2v) is 13.6. The number of esters is 1. The van der Waals surface area contributed by atoms with Crippen LogP contribution in [0.15, 0.2) is 0 Å². The van der Waals surface area contributed by atoms with Crippen molar-refractivity contribution in [2.45, 2.75) is 134 Å². The van der Waals surface area contributed by atoms with Crippen LogP contribution in [0.5, 0.6) is 0 Å². The van der Waals surface area contributed by atoms with Crippen molar-refractivity contribution >= 4 is 23.6 Å². The second kappa shape index (κ2) is 13.3. The van der Waals surface area contributed by atoms with Gasteiger partial charge in [-0.2, -0.15) is 0 Å². The van der Waals surface area contributed by atoms with Crippen LogP contribution in [0.3, 0.4) is 0 Å². The number of hydrogen-bond donors (Lipinski definition) is 2. The zero-order valence-corrected chi connectivity index (χ0v) is 27.8. The van der Waals surface area contributed by atoms with Crippen LogP contribution in [-0.2, 0) is 38.1 Å². The molecule has 0 bridgehead atoms. The molecule has 0 aromatic carbocycles. The lowest BCUT2D eigenvalue weighted by molar-refractivity contribution is -0.295. The lowest BCUT2D eigenvalue weighted by Gasteiger charge is -2.47. The molecule has 2 N–H and O–H groups in total. The highest BCUT2D eigenvalue weighted by molar-refractivity contribution is 6.07. The van der Waals surface area contributed by atoms with Crippen LogP contribution in [0.25, 0.3) is 0 Å². The summed E-state index contributed by atoms with van der Waals surface area (Å²) in [5.74, 6) is -5.67. The van der Waals surface area contributed by atoms with Gasteiger partial charge in [0.2, 0.25) is 0 Å². The maximum atomic E-state index is 16.4. The zero-order chi connectivity index (χ0) is 33.5. The molecule has 3 aliphatic rings. The maximum Gasteiger partial charge on any atom is 0.408 e. The number of hydrogen-bond acceptors (Lipinski definition) is 11. The molecule has 0 aliphatic carbocycles. The van der Waals surface area contributed by atoms with Crippen LogP contribution in [-0.4, -0.2) is 115 Å². The molecule has 0 aromatic heterocycles. The number of carbonyl (C=O) groups excluding carboxylic acids is 4. The number of amides is 1. The van der Waals surface area contributed by atoms with E-state index in [1.807, 2.05) is 25.9 Å². The first kappa shape index (κ1) is 36.3. The van der Waals surface area contributed by atoms with Gasteiger partial charge in [-0.25, -0.2) is 14.0 Å². The van der Waals surface area contributed by atoms with Crippen molar-refractivity contribution in [3.63, 3.8) is 0 Å². The lowest BCUT2D eigenvalue weighted by atomic mass is 9.73. The molecule has 3 heterocycles. The average molecular weight is 631 g/mol. The Morgan fingerprint density at radius 3 is 2.23 bits per heavy atom. The van der Waals surface area contributed by atoms with Gasteiger partial charge in [-0.3, -0.25) is 9.59 Å². The molecule has 44 heavy (non-hydrogen) atoms. The van der Waals surface area contributed by atoms with Crippen molar-refractivity contribution in [2.24, 2.45) is 17.8 Å². The molecule has 3 rings (SSSR count). The fraction of sp³-hybridized carbons (Fsp3) is 0.871. The van der Waals surface area contributed by atoms with E-state index in [9.17, 15) is 24.3 Å². The minimum Gasteiger partial charge on any atom is -0.455 e. The standard InChI is InChI=1S/C31H51FN2O10/c1-12-20-31(8)23(33-28(39)44-31)17(4)21(35)15(2)14-29(6,40-11)25(18(5)24(37)30(7,32)27(38)42-20)43-26-22(36)19(34(9)10)13-16(3)41-26/h15-20,22-23,25-26,36H,12-14H2,1-11H3,(H,33,39)/t15-,16-,17+,18+,19+,20-,22-,23+,25-,26+,29-,30+,31-/m1/s1. The molecule has 0 radical (unpaired) electrons. The molecule has 12 nitrogen and oxygen atoms in total. The van der Waals surface area contributed by atoms with Gasteiger partial charge < -0.3 is 39.0 Å². The number of fused-ring (bicyclic) bond motifs is 1. The quantitative estimate of drug-likeness (QED) is 0.341. The fourth-order valence-corrected chi connectivity index (χ4v) is 7.19. The number of Topliss-reactive ketones (excluding diaryl/α,β-unsaturated/α-hetero) is 2. The molecule has 0 saturated carbocycles. The normalized spacial score (nSPS) is 46.1. The van der Waals surface area contributed by atoms with Crippen LogP contribution in [0.2, 0.25) is 0 Å². The van der Waals surface area contributed by atoms with E-state index < -0.39 is 83.1 Å². The first-order valence-electron chi connectivity index (χ1n) is 15.4. The fourth-order valence-electron chi connectivity index (χ4n) is 7.19. The van der Waals surface area contributed by atoms with Crippen LogP contribution < -0.4 is 5.32 Å². The summed E-state index contributed by atoms with van der Waals surface area (Å²) >= 11 is 0. The molecular formula is C31H51FN2O10. The van der Waals surface area contributed by atoms with E-state index in [1.165, 1.54) is 21.0 Å². The minimum absolute atomic E-state index is 0.0212. The van der Waals surface area contributed by atoms with Gasteiger partial charge in [0, 0.05) is 30.9 Å². The summed E-state index contributed by atoms with van der Waals surface area (Å²) in [5, 5.41) is 13.9. The molecule has 0 spiro atoms. The Morgan fingerprint density at radius 2 is 1.68 bits per heavy atom. The van der Waals surface area contributed by atoms with Gasteiger partial charge in [0.25, 0.3) is 5.67 Å². The van der Waals surface area contributed by atoms with Gasteiger partial charge in [0.05, 0.1) is 23.9 Å². The highest BCUT2D eigenvalue weighted by Gasteiger charge is 2.59. The molecular weight excluding hydrogens is 579 g/mol. The number of nitrogens with zero attached hydrogens (tertiary/aromatic N) is 1. The smallest absolute Gasteiger partial charge is 0.408 e. The van der Waals surface area contributed by atoms with Crippen molar-refractivity contribution in [2.75, 3.05) is 21.2 Å². The third kappa shape index (κ3) is 6.67. The van der Waals surface area contributed by atoms with Gasteiger partial charge in [-0.05, 0) is 61.1 Å². The number of methoxy groups -OCH3 is 1. The summed E-state index contributed by atoms with van der Waals surface area (Å²) in [5.41, 5.74) is -6.06. The molecule has 3 saturated heterocycles. The first-order valence-corrected chi connectivity index (χ1v) is 15.4. The lowest BCUT2D eigenvalue weighted by Crippen LogP contribution is -2.61. The zero-order valence-electron chi connectivity index (χ0n) is 27.8. The van der Waals surface area contributed by atoms with Gasteiger partial charge in [0.15, 0.2) is 17.7 Å². The molecule has 252 valence electrons. The molecule has 3 fully saturated rings. The topological polar surface area (TPSA) is 150 Å². The van der Waals surface area contributed by atoms with E-state index >= 15 is 4.39 Å². The highest BCUT2D eigenvalue weighted by Crippen LogP contribution is 2.41. The van der Waals surface area contributed by atoms with Gasteiger partial charge in [-0.1, -0.05) is 27.7 Å². The monoisotopic (exact) mass is 630 g/mol. The number of nitrogens with one attached hydrogen (secondary N) is 1. The Bertz CT molecular complexity index is 1100. The number of aliphatic hydroxyl groups excluding tert-OH is 1. The largest absolute Gasteiger partial charge is 0.455 e. The van der Waals surface area contributed by atoms with Crippen LogP contribution >= 0.6 is 0 Å². The number of carbonyl (C=O) groups is 4. The van der Waals surface area contributed by atoms with Crippen molar-refractivity contribution < 1.29 is 52.4 Å². The van der Waals surface area contributed by atoms with E-state index in [1.54, 1.807) is 27.7 Å². The predicted octanol–water partition coefficient (Wildman–Crippen LogP) is 2.57. The summed E-state index contributed by atoms with van der Waals surface area (Å²) in [6.45, 7) is 12.2. The number of likely N-dealkylation sites (N-methyl/N-ethyl adjacent to an activating group) is 1. The van der Waals surface area contributed by atoms with Gasteiger partial charge >= 0.3 is 12.1 Å². The number of aliphatic hydroxyl groups is 1. The van der Waals surface area contributed by atoms with E-state index in [2.05, 4.69) is 5.32 Å². The van der Waals surface area contributed by atoms with E-state index in [0.29, 0.717) is 6.42 Å². The maximum absolute atomic E-state index is 16.4. The summed E-state index contributed by atoms with van der Waals surface area (Å²) in [6.07, 6.45) is -5.27. The Morgan fingerprint density at radius 1 is 1.07 bits per heavy atom. The summed E-state index contributed by atoms with van der Waals surface area (Å²) < 4.78 is 45.8. The van der Waals surface area contributed by atoms with E-state index in [-0.39, 0.29) is 30.8 Å². The number of ketones is 2. The molecule has 1 amide bonds. The van der Waals surface area contributed by atoms with Crippen molar-refractivity contribution in [3.8, 4) is 0 Å². The number of cyclic esters (lactones) is 1. The summed E-state index contributed by atoms with van der Waals surface area (Å²) in [7, 11) is 5.02. The molecule has 3 aliphatic heterocycles. The number of rotatable bonds is 5. The van der Waals surface area contributed by atoms with Crippen molar-refractivity contribution in [3.05, 3.63) is 0 Å². The third-order valence-corrected chi connectivity index (χ3v) is 9.95. The molecule has 13 atom stereocenters. The SMILES string of the molecule is CC[C@H]1OC(=O)[C@@](C)(F)C(=O)[C@H](C)[C@@H](O[C@@H]2O[C@H](C)C[C@H](N(C)C)[C@H]2O)[C@](C)(OC)C[C@@H](C)C(=O)[C@H](C)[C@@H]2NC(=O)O[C@]12C. The van der Waals surface area contributed by atoms with Crippen LogP contribution in [0, 0.1) is 17.8 Å². The molecule has 13 heteroatoms. The Balaban J connectivity index is 2.14. The van der Waals surface area contributed by atoms with Crippen molar-refractivity contribution in [1.29, 1.82) is 0 Å². The minimum atomic E-state index is -3.13. The molecule has 0 unspecified atom stereocenters.